The maximum absolute atomic E-state index is 12.0. The third kappa shape index (κ3) is 4.06. The summed E-state index contributed by atoms with van der Waals surface area (Å²) < 4.78 is 36.0. The van der Waals surface area contributed by atoms with E-state index in [1.165, 1.54) is 37.4 Å². The number of sulfonamides is 1. The molecule has 0 unspecified atom stereocenters. The van der Waals surface area contributed by atoms with Crippen LogP contribution in [0.1, 0.15) is 5.76 Å². The number of rotatable bonds is 6. The molecule has 0 radical (unpaired) electrons. The van der Waals surface area contributed by atoms with E-state index in [1.807, 2.05) is 0 Å². The highest BCUT2D eigenvalue weighted by Crippen LogP contribution is 2.15. The van der Waals surface area contributed by atoms with E-state index in [2.05, 4.69) is 15.2 Å². The summed E-state index contributed by atoms with van der Waals surface area (Å²) in [4.78, 5) is 11.7. The first-order chi connectivity index (χ1) is 10.4. The van der Waals surface area contributed by atoms with Gasteiger partial charge in [-0.15, -0.1) is 0 Å². The number of hydrogen-bond acceptors (Lipinski definition) is 6. The Hall–Kier alpha value is -2.39. The highest BCUT2D eigenvalue weighted by Gasteiger charge is 2.16. The van der Waals surface area contributed by atoms with Gasteiger partial charge in [-0.2, -0.15) is 0 Å². The molecule has 1 heterocycles. The van der Waals surface area contributed by atoms with Gasteiger partial charge in [-0.3, -0.25) is 4.79 Å². The first-order valence-corrected chi connectivity index (χ1v) is 7.76. The number of aromatic nitrogens is 1. The van der Waals surface area contributed by atoms with Crippen LogP contribution in [0.15, 0.2) is 39.8 Å². The van der Waals surface area contributed by atoms with Crippen molar-refractivity contribution in [2.75, 3.05) is 19.0 Å². The molecule has 22 heavy (non-hydrogen) atoms. The van der Waals surface area contributed by atoms with Crippen LogP contribution < -0.4 is 14.8 Å². The number of nitrogens with zero attached hydrogens (tertiary/aromatic N) is 1. The van der Waals surface area contributed by atoms with Gasteiger partial charge in [0.2, 0.25) is 15.9 Å². The van der Waals surface area contributed by atoms with Crippen LogP contribution in [-0.4, -0.2) is 33.1 Å². The predicted molar refractivity (Wildman–Crippen MR) is 78.1 cm³/mol. The molecule has 8 nitrogen and oxygen atoms in total. The molecule has 9 heteroatoms. The van der Waals surface area contributed by atoms with Crippen molar-refractivity contribution in [1.82, 2.24) is 9.88 Å². The Morgan fingerprint density at radius 1 is 1.32 bits per heavy atom. The van der Waals surface area contributed by atoms with E-state index < -0.39 is 22.5 Å². The zero-order valence-corrected chi connectivity index (χ0v) is 12.8. The molecule has 0 aliphatic heterocycles. The molecule has 2 rings (SSSR count). The summed E-state index contributed by atoms with van der Waals surface area (Å²) in [6.45, 7) is 1.26. The van der Waals surface area contributed by atoms with Crippen LogP contribution >= 0.6 is 0 Å². The largest absolute Gasteiger partial charge is 0.497 e. The minimum atomic E-state index is -3.78. The maximum Gasteiger partial charge on any atom is 0.241 e. The number of carbonyl (C=O) groups is 1. The standard InChI is InChI=1S/C13H15N3O5S/c1-9-7-12(16-21-9)15-13(17)8-14-22(18,19)11-5-3-10(20-2)4-6-11/h3-7,14H,8H2,1-2H3,(H,15,16,17). The molecule has 0 bridgehead atoms. The molecular formula is C13H15N3O5S. The number of ether oxygens (including phenoxy) is 1. The van der Waals surface area contributed by atoms with E-state index in [4.69, 9.17) is 9.26 Å². The predicted octanol–water partition coefficient (Wildman–Crippen LogP) is 0.909. The second-order valence-corrected chi connectivity index (χ2v) is 6.14. The molecule has 0 aliphatic carbocycles. The number of carbonyl (C=O) groups excluding carboxylic acids is 1. The van der Waals surface area contributed by atoms with Crippen molar-refractivity contribution < 1.29 is 22.5 Å². The number of methoxy groups -OCH3 is 1. The first kappa shape index (κ1) is 16.0. The quantitative estimate of drug-likeness (QED) is 0.816. The van der Waals surface area contributed by atoms with Crippen molar-refractivity contribution in [3.63, 3.8) is 0 Å². The molecule has 2 N–H and O–H groups in total. The number of benzene rings is 1. The Labute approximate surface area is 127 Å². The third-order valence-electron chi connectivity index (χ3n) is 2.69. The molecular weight excluding hydrogens is 310 g/mol. The lowest BCUT2D eigenvalue weighted by Crippen LogP contribution is -2.32. The van der Waals surface area contributed by atoms with E-state index in [0.29, 0.717) is 11.5 Å². The Bertz CT molecular complexity index is 752. The van der Waals surface area contributed by atoms with E-state index in [9.17, 15) is 13.2 Å². The summed E-state index contributed by atoms with van der Waals surface area (Å²) in [6.07, 6.45) is 0. The lowest BCUT2D eigenvalue weighted by molar-refractivity contribution is -0.115. The zero-order chi connectivity index (χ0) is 16.2. The molecule has 0 fully saturated rings. The molecule has 0 atom stereocenters. The number of hydrogen-bond donors (Lipinski definition) is 2. The third-order valence-corrected chi connectivity index (χ3v) is 4.11. The minimum Gasteiger partial charge on any atom is -0.497 e. The van der Waals surface area contributed by atoms with Crippen LogP contribution in [0.2, 0.25) is 0 Å². The molecule has 0 spiro atoms. The van der Waals surface area contributed by atoms with Gasteiger partial charge in [0.1, 0.15) is 11.5 Å². The fourth-order valence-electron chi connectivity index (χ4n) is 1.61. The topological polar surface area (TPSA) is 111 Å². The number of anilines is 1. The van der Waals surface area contributed by atoms with Crippen molar-refractivity contribution in [3.05, 3.63) is 36.1 Å². The van der Waals surface area contributed by atoms with Gasteiger partial charge in [0, 0.05) is 6.07 Å². The van der Waals surface area contributed by atoms with Crippen LogP contribution in [0.3, 0.4) is 0 Å². The fourth-order valence-corrected chi connectivity index (χ4v) is 2.59. The summed E-state index contributed by atoms with van der Waals surface area (Å²) in [5.74, 6) is 0.753. The monoisotopic (exact) mass is 325 g/mol. The lowest BCUT2D eigenvalue weighted by Gasteiger charge is -2.07. The van der Waals surface area contributed by atoms with E-state index in [0.717, 1.165) is 0 Å². The van der Waals surface area contributed by atoms with Crippen LogP contribution in [0.4, 0.5) is 5.82 Å². The second kappa shape index (κ2) is 6.58. The molecule has 1 aromatic carbocycles. The summed E-state index contributed by atoms with van der Waals surface area (Å²) in [7, 11) is -2.29. The average Bonchev–Trinajstić information content (AvgIpc) is 2.90. The van der Waals surface area contributed by atoms with Crippen LogP contribution in [0.25, 0.3) is 0 Å². The van der Waals surface area contributed by atoms with E-state index >= 15 is 0 Å². The van der Waals surface area contributed by atoms with Crippen molar-refractivity contribution in [1.29, 1.82) is 0 Å². The summed E-state index contributed by atoms with van der Waals surface area (Å²) in [6, 6.07) is 7.34. The highest BCUT2D eigenvalue weighted by molar-refractivity contribution is 7.89. The lowest BCUT2D eigenvalue weighted by atomic mass is 10.3. The van der Waals surface area contributed by atoms with Gasteiger partial charge in [-0.25, -0.2) is 13.1 Å². The maximum atomic E-state index is 12.0. The SMILES string of the molecule is COc1ccc(S(=O)(=O)NCC(=O)Nc2cc(C)on2)cc1. The summed E-state index contributed by atoms with van der Waals surface area (Å²) in [5, 5.41) is 5.99. The Morgan fingerprint density at radius 2 is 2.00 bits per heavy atom. The van der Waals surface area contributed by atoms with Crippen molar-refractivity contribution >= 4 is 21.7 Å². The van der Waals surface area contributed by atoms with Gasteiger partial charge in [-0.05, 0) is 31.2 Å². The van der Waals surface area contributed by atoms with Gasteiger partial charge < -0.3 is 14.6 Å². The number of aryl methyl sites for hydroxylation is 1. The molecule has 0 saturated carbocycles. The van der Waals surface area contributed by atoms with Gasteiger partial charge >= 0.3 is 0 Å². The Kier molecular flexibility index (Phi) is 4.78. The molecule has 118 valence electrons. The van der Waals surface area contributed by atoms with Crippen LogP contribution in [0.5, 0.6) is 5.75 Å². The molecule has 0 saturated heterocycles. The zero-order valence-electron chi connectivity index (χ0n) is 12.0. The smallest absolute Gasteiger partial charge is 0.241 e. The second-order valence-electron chi connectivity index (χ2n) is 4.37. The average molecular weight is 325 g/mol. The van der Waals surface area contributed by atoms with Crippen LogP contribution in [-0.2, 0) is 14.8 Å². The fraction of sp³-hybridized carbons (Fsp3) is 0.231. The van der Waals surface area contributed by atoms with Crippen molar-refractivity contribution in [3.8, 4) is 5.75 Å². The number of amides is 1. The summed E-state index contributed by atoms with van der Waals surface area (Å²) in [5.41, 5.74) is 0. The summed E-state index contributed by atoms with van der Waals surface area (Å²) >= 11 is 0. The normalized spacial score (nSPS) is 11.2. The molecule has 1 amide bonds. The van der Waals surface area contributed by atoms with Crippen molar-refractivity contribution in [2.45, 2.75) is 11.8 Å². The first-order valence-electron chi connectivity index (χ1n) is 6.27. The van der Waals surface area contributed by atoms with Gasteiger partial charge in [0.25, 0.3) is 0 Å². The molecule has 0 aliphatic rings. The molecule has 1 aromatic heterocycles. The van der Waals surface area contributed by atoms with Crippen molar-refractivity contribution in [2.24, 2.45) is 0 Å². The van der Waals surface area contributed by atoms with E-state index in [1.54, 1.807) is 6.92 Å². The highest BCUT2D eigenvalue weighted by atomic mass is 32.2. The Morgan fingerprint density at radius 3 is 2.55 bits per heavy atom. The van der Waals surface area contributed by atoms with Gasteiger partial charge in [0.05, 0.1) is 18.6 Å². The van der Waals surface area contributed by atoms with Crippen LogP contribution in [0, 0.1) is 6.92 Å². The van der Waals surface area contributed by atoms with Gasteiger partial charge in [-0.1, -0.05) is 5.16 Å². The van der Waals surface area contributed by atoms with E-state index in [-0.39, 0.29) is 10.7 Å². The number of nitrogens with one attached hydrogen (secondary N) is 2. The van der Waals surface area contributed by atoms with Gasteiger partial charge in [0.15, 0.2) is 5.82 Å². The minimum absolute atomic E-state index is 0.0402. The Balaban J connectivity index is 1.95. The molecule has 2 aromatic rings.